The van der Waals surface area contributed by atoms with Gasteiger partial charge >= 0.3 is 18.1 Å². The fraction of sp³-hybridized carbons (Fsp3) is 0.568. The minimum absolute atomic E-state index is 0.0403. The van der Waals surface area contributed by atoms with E-state index in [1.54, 1.807) is 11.0 Å². The molecule has 4 amide bonds. The number of likely N-dealkylation sites (tertiary alicyclic amines) is 3. The van der Waals surface area contributed by atoms with Crippen LogP contribution in [0.2, 0.25) is 0 Å². The first-order valence-corrected chi connectivity index (χ1v) is 18.5. The van der Waals surface area contributed by atoms with E-state index in [0.717, 1.165) is 75.8 Å². The van der Waals surface area contributed by atoms with E-state index < -0.39 is 0 Å². The average Bonchev–Trinajstić information content (AvgIpc) is 3.57. The highest BCUT2D eigenvalue weighted by Gasteiger charge is 2.38. The Morgan fingerprint density at radius 3 is 2.26 bits per heavy atom. The molecule has 0 aliphatic carbocycles. The van der Waals surface area contributed by atoms with Crippen LogP contribution in [0.1, 0.15) is 56.6 Å². The third kappa shape index (κ3) is 9.08. The topological polar surface area (TPSA) is 132 Å². The number of fused-ring (bicyclic) bond motifs is 1. The lowest BCUT2D eigenvalue weighted by Crippen LogP contribution is -2.51. The maximum absolute atomic E-state index is 12.9. The van der Waals surface area contributed by atoms with Crippen molar-refractivity contribution in [2.45, 2.75) is 76.4 Å². The number of methoxy groups -OCH3 is 2. The van der Waals surface area contributed by atoms with Gasteiger partial charge in [0.1, 0.15) is 11.8 Å². The molecule has 6 rings (SSSR count). The number of nitrogens with zero attached hydrogens (tertiary/aromatic N) is 4. The van der Waals surface area contributed by atoms with Crippen molar-refractivity contribution in [1.82, 2.24) is 19.6 Å². The summed E-state index contributed by atoms with van der Waals surface area (Å²) in [5, 5.41) is 12.6. The Morgan fingerprint density at radius 2 is 1.58 bits per heavy atom. The molecule has 2 atom stereocenters. The summed E-state index contributed by atoms with van der Waals surface area (Å²) in [5.74, 6) is 0.137. The van der Waals surface area contributed by atoms with Gasteiger partial charge in [-0.1, -0.05) is 31.2 Å². The van der Waals surface area contributed by atoms with E-state index in [0.29, 0.717) is 36.6 Å². The molecule has 2 aromatic rings. The Kier molecular flexibility index (Phi) is 13.0. The Hall–Kier alpha value is -3.84. The van der Waals surface area contributed by atoms with Crippen LogP contribution in [0, 0.1) is 5.92 Å². The smallest absolute Gasteiger partial charge is 0.409 e. The zero-order chi connectivity index (χ0) is 35.8. The number of urea groups is 1. The number of anilines is 1. The lowest BCUT2D eigenvalue weighted by atomic mass is 9.97. The van der Waals surface area contributed by atoms with Crippen LogP contribution in [-0.2, 0) is 31.9 Å². The van der Waals surface area contributed by atoms with Crippen LogP contribution in [-0.4, -0.2) is 120 Å². The molecule has 0 radical (unpaired) electrons. The normalized spacial score (nSPS) is 20.9. The van der Waals surface area contributed by atoms with Crippen molar-refractivity contribution in [2.24, 2.45) is 5.92 Å². The van der Waals surface area contributed by atoms with Crippen molar-refractivity contribution < 1.29 is 33.8 Å². The van der Waals surface area contributed by atoms with Gasteiger partial charge < -0.3 is 34.6 Å². The Bertz CT molecular complexity index is 1510. The minimum atomic E-state index is -0.286. The highest BCUT2D eigenvalue weighted by atomic mass is 79.9. The average molecular weight is 757 g/mol. The number of rotatable bonds is 6. The minimum Gasteiger partial charge on any atom is -0.507 e. The second kappa shape index (κ2) is 17.4. The van der Waals surface area contributed by atoms with Crippen molar-refractivity contribution >= 4 is 45.6 Å². The van der Waals surface area contributed by atoms with E-state index >= 15 is 0 Å². The molecule has 3 fully saturated rings. The lowest BCUT2D eigenvalue weighted by Gasteiger charge is -2.39. The Balaban J connectivity index is 0.000000200. The second-order valence-electron chi connectivity index (χ2n) is 13.6. The maximum Gasteiger partial charge on any atom is 0.409 e. The van der Waals surface area contributed by atoms with Gasteiger partial charge in [0.2, 0.25) is 5.91 Å². The quantitative estimate of drug-likeness (QED) is 0.382. The standard InChI is InChI=1S/C21H29BrN2O4.C16H21N3O3/c1-14(12-15-5-6-19(25)17(22)13-15)20(26)23-10-7-16(8-11-23)24-9-3-4-18(24)21(27)28-2;1-22-16(21)18-9-7-13(8-10-18)19-11-6-12-4-2-3-5-14(12)17-15(19)20/h5-6,13-14,16,18,25H,3-4,7-12H2,1-2H3;2-5,13H,6-11H2,1H3,(H,17,20)/t14-,18-;/m1./s1. The molecule has 2 aromatic carbocycles. The summed E-state index contributed by atoms with van der Waals surface area (Å²) in [6, 6.07) is 13.7. The first-order chi connectivity index (χ1) is 24.1. The number of phenolic OH excluding ortho intramolecular Hbond substituents is 1. The zero-order valence-corrected chi connectivity index (χ0v) is 30.9. The molecule has 4 aliphatic heterocycles. The first-order valence-electron chi connectivity index (χ1n) is 17.7. The molecule has 0 unspecified atom stereocenters. The van der Waals surface area contributed by atoms with Crippen molar-refractivity contribution in [3.63, 3.8) is 0 Å². The molecule has 4 aliphatic rings. The van der Waals surface area contributed by atoms with Crippen LogP contribution < -0.4 is 5.32 Å². The summed E-state index contributed by atoms with van der Waals surface area (Å²) in [6.07, 6.45) is 6.49. The molecular weight excluding hydrogens is 706 g/mol. The fourth-order valence-corrected chi connectivity index (χ4v) is 8.12. The SMILES string of the molecule is COC(=O)N1CCC(N2CCc3ccccc3NC2=O)CC1.COC(=O)[C@H]1CCCN1C1CCN(C(=O)[C@H](C)Cc2ccc(O)c(Br)c2)CC1. The molecule has 4 heterocycles. The number of carbonyl (C=O) groups is 4. The number of amides is 4. The Morgan fingerprint density at radius 1 is 0.900 bits per heavy atom. The maximum atomic E-state index is 12.9. The number of carbonyl (C=O) groups excluding carboxylic acids is 4. The van der Waals surface area contributed by atoms with Gasteiger partial charge in [0, 0.05) is 56.4 Å². The molecule has 50 heavy (non-hydrogen) atoms. The first kappa shape index (κ1) is 37.4. The third-order valence-corrected chi connectivity index (χ3v) is 11.1. The van der Waals surface area contributed by atoms with Crippen molar-refractivity contribution in [2.75, 3.05) is 58.8 Å². The van der Waals surface area contributed by atoms with E-state index in [1.165, 1.54) is 19.8 Å². The van der Waals surface area contributed by atoms with Crippen LogP contribution in [0.3, 0.4) is 0 Å². The second-order valence-corrected chi connectivity index (χ2v) is 14.4. The van der Waals surface area contributed by atoms with Crippen molar-refractivity contribution in [3.05, 3.63) is 58.1 Å². The lowest BCUT2D eigenvalue weighted by molar-refractivity contribution is -0.147. The van der Waals surface area contributed by atoms with E-state index in [4.69, 9.17) is 9.47 Å². The van der Waals surface area contributed by atoms with E-state index in [-0.39, 0.29) is 47.8 Å². The summed E-state index contributed by atoms with van der Waals surface area (Å²) in [4.78, 5) is 56.7. The highest BCUT2D eigenvalue weighted by molar-refractivity contribution is 9.10. The van der Waals surface area contributed by atoms with E-state index in [2.05, 4.69) is 32.2 Å². The fourth-order valence-electron chi connectivity index (χ4n) is 7.69. The predicted molar refractivity (Wildman–Crippen MR) is 193 cm³/mol. The number of phenols is 1. The summed E-state index contributed by atoms with van der Waals surface area (Å²) in [5.41, 5.74) is 3.10. The van der Waals surface area contributed by atoms with Crippen LogP contribution in [0.4, 0.5) is 15.3 Å². The molecule has 3 saturated heterocycles. The molecule has 272 valence electrons. The molecule has 2 N–H and O–H groups in total. The van der Waals surface area contributed by atoms with Gasteiger partial charge in [-0.15, -0.1) is 0 Å². The number of piperidine rings is 2. The number of esters is 1. The molecule has 12 nitrogen and oxygen atoms in total. The largest absolute Gasteiger partial charge is 0.507 e. The molecule has 0 aromatic heterocycles. The molecule has 0 saturated carbocycles. The highest BCUT2D eigenvalue weighted by Crippen LogP contribution is 2.29. The number of ether oxygens (including phenoxy) is 2. The molecule has 0 spiro atoms. The zero-order valence-electron chi connectivity index (χ0n) is 29.3. The molecule has 0 bridgehead atoms. The summed E-state index contributed by atoms with van der Waals surface area (Å²) in [7, 11) is 2.85. The summed E-state index contributed by atoms with van der Waals surface area (Å²) >= 11 is 3.33. The van der Waals surface area contributed by atoms with E-state index in [1.807, 2.05) is 47.1 Å². The van der Waals surface area contributed by atoms with Crippen molar-refractivity contribution in [1.29, 1.82) is 0 Å². The number of hydrogen-bond donors (Lipinski definition) is 2. The Labute approximate surface area is 303 Å². The predicted octanol–water partition coefficient (Wildman–Crippen LogP) is 5.27. The van der Waals surface area contributed by atoms with E-state index in [9.17, 15) is 24.3 Å². The van der Waals surface area contributed by atoms with Gasteiger partial charge in [-0.3, -0.25) is 14.5 Å². The third-order valence-electron chi connectivity index (χ3n) is 10.5. The van der Waals surface area contributed by atoms with Gasteiger partial charge in [0.05, 0.1) is 18.7 Å². The van der Waals surface area contributed by atoms with Crippen molar-refractivity contribution in [3.8, 4) is 5.75 Å². The van der Waals surface area contributed by atoms with Gasteiger partial charge in [-0.05, 0) is 103 Å². The van der Waals surface area contributed by atoms with Crippen LogP contribution in [0.25, 0.3) is 0 Å². The number of aromatic hydroxyl groups is 1. The monoisotopic (exact) mass is 755 g/mol. The number of nitrogens with one attached hydrogen (secondary N) is 1. The van der Waals surface area contributed by atoms with Gasteiger partial charge in [0.25, 0.3) is 0 Å². The van der Waals surface area contributed by atoms with Gasteiger partial charge in [0.15, 0.2) is 0 Å². The van der Waals surface area contributed by atoms with Gasteiger partial charge in [-0.2, -0.15) is 0 Å². The molecule has 13 heteroatoms. The summed E-state index contributed by atoms with van der Waals surface area (Å²) < 4.78 is 10.4. The summed E-state index contributed by atoms with van der Waals surface area (Å²) in [6.45, 7) is 6.34. The number of halogens is 1. The number of para-hydroxylation sites is 1. The number of benzene rings is 2. The van der Waals surface area contributed by atoms with Crippen LogP contribution >= 0.6 is 15.9 Å². The van der Waals surface area contributed by atoms with Crippen LogP contribution in [0.15, 0.2) is 46.9 Å². The number of hydrogen-bond acceptors (Lipinski definition) is 8. The molecular formula is C37H50BrN5O7. The van der Waals surface area contributed by atoms with Crippen LogP contribution in [0.5, 0.6) is 5.75 Å². The van der Waals surface area contributed by atoms with Gasteiger partial charge in [-0.25, -0.2) is 9.59 Å².